The van der Waals surface area contributed by atoms with Gasteiger partial charge in [-0.15, -0.1) is 0 Å². The highest BCUT2D eigenvalue weighted by molar-refractivity contribution is 6.10. The maximum Gasteiger partial charge on any atom is 0.410 e. The largest absolute Gasteiger partial charge is 0.497 e. The van der Waals surface area contributed by atoms with Gasteiger partial charge in [0, 0.05) is 36.8 Å². The number of allylic oxidation sites excluding steroid dienone is 2. The molecule has 1 amide bonds. The first-order valence-electron chi connectivity index (χ1n) is 20.1. The lowest BCUT2D eigenvalue weighted by Crippen LogP contribution is -2.54. The number of hydrogen-bond donors (Lipinski definition) is 2. The van der Waals surface area contributed by atoms with Gasteiger partial charge in [-0.2, -0.15) is 0 Å². The standard InChI is InChI=1S/C45H65NO7/c1-30(2)37-19-12-32(4)26-41(37)53-43(49)46(24-9-25-51-6)29-45(50)23-21-40-38-20-13-33(27-35(47)16-11-31(3)10-8-22-44(40,45)5)28-39(38)42(48)34-14-17-36(52-7)18-15-34/h10,13-15,17-18,20,28,30,32,35,37,40-41,47,50H,8-9,11-12,16,19,21-27,29H2,1-7H3/t32-,35-,37+,40-,41-,44-,45+/m0/s1. The summed E-state index contributed by atoms with van der Waals surface area (Å²) in [4.78, 5) is 30.4. The third-order valence-electron chi connectivity index (χ3n) is 13.0. The van der Waals surface area contributed by atoms with Crippen molar-refractivity contribution in [2.24, 2.45) is 23.2 Å². The summed E-state index contributed by atoms with van der Waals surface area (Å²) in [6, 6.07) is 13.2. The molecule has 2 bridgehead atoms. The van der Waals surface area contributed by atoms with Gasteiger partial charge in [0.05, 0.1) is 25.4 Å². The highest BCUT2D eigenvalue weighted by atomic mass is 16.6. The van der Waals surface area contributed by atoms with Crippen molar-refractivity contribution in [1.82, 2.24) is 4.90 Å². The summed E-state index contributed by atoms with van der Waals surface area (Å²) >= 11 is 0. The van der Waals surface area contributed by atoms with Crippen LogP contribution in [0.1, 0.15) is 132 Å². The first-order chi connectivity index (χ1) is 25.3. The molecular weight excluding hydrogens is 666 g/mol. The summed E-state index contributed by atoms with van der Waals surface area (Å²) in [5, 5.41) is 24.0. The number of ether oxygens (including phenoxy) is 3. The second-order valence-corrected chi connectivity index (χ2v) is 17.0. The number of fused-ring (bicyclic) bond motifs is 8. The highest BCUT2D eigenvalue weighted by Crippen LogP contribution is 2.59. The molecule has 2 fully saturated rings. The number of amides is 1. The predicted octanol–water partition coefficient (Wildman–Crippen LogP) is 8.90. The van der Waals surface area contributed by atoms with Gasteiger partial charge in [-0.3, -0.25) is 4.79 Å². The number of hydrogen-bond acceptors (Lipinski definition) is 7. The van der Waals surface area contributed by atoms with E-state index in [2.05, 4.69) is 46.8 Å². The second-order valence-electron chi connectivity index (χ2n) is 17.0. The van der Waals surface area contributed by atoms with Crippen LogP contribution in [0.5, 0.6) is 5.75 Å². The average molecular weight is 732 g/mol. The maximum atomic E-state index is 14.4. The van der Waals surface area contributed by atoms with Gasteiger partial charge in [0.1, 0.15) is 11.9 Å². The molecule has 2 aromatic carbocycles. The highest BCUT2D eigenvalue weighted by Gasteiger charge is 2.58. The van der Waals surface area contributed by atoms with Crippen LogP contribution >= 0.6 is 0 Å². The molecule has 292 valence electrons. The lowest BCUT2D eigenvalue weighted by molar-refractivity contribution is -0.0868. The molecule has 8 nitrogen and oxygen atoms in total. The first-order valence-corrected chi connectivity index (χ1v) is 20.1. The Kier molecular flexibility index (Phi) is 13.9. The molecule has 0 unspecified atom stereocenters. The SMILES string of the molecule is COCCCN(C[C@]1(O)CC[C@H]2c3ccc(cc3C(=O)c3ccc(OC)cc3)C[C@@H](O)CCC(C)=CCC[C@@]21C)C(=O)O[C@H]1C[C@@H](C)CC[C@@H]1C(C)C. The van der Waals surface area contributed by atoms with E-state index in [4.69, 9.17) is 14.2 Å². The molecule has 0 radical (unpaired) electrons. The number of aliphatic hydroxyl groups excluding tert-OH is 1. The number of aliphatic hydroxyl groups is 2. The molecular formula is C45H65NO7. The van der Waals surface area contributed by atoms with Gasteiger partial charge in [0.2, 0.25) is 0 Å². The van der Waals surface area contributed by atoms with E-state index in [1.807, 2.05) is 12.1 Å². The molecule has 2 aromatic rings. The Labute approximate surface area is 318 Å². The van der Waals surface area contributed by atoms with Crippen molar-refractivity contribution in [3.63, 3.8) is 0 Å². The number of rotatable bonds is 11. The van der Waals surface area contributed by atoms with Crippen LogP contribution in [-0.4, -0.2) is 78.7 Å². The summed E-state index contributed by atoms with van der Waals surface area (Å²) in [6.45, 7) is 12.0. The molecule has 8 heteroatoms. The second kappa shape index (κ2) is 18.0. The fraction of sp³-hybridized carbons (Fsp3) is 0.644. The van der Waals surface area contributed by atoms with Crippen LogP contribution in [0.3, 0.4) is 0 Å². The maximum absolute atomic E-state index is 14.4. The van der Waals surface area contributed by atoms with E-state index in [1.165, 1.54) is 5.57 Å². The van der Waals surface area contributed by atoms with Crippen molar-refractivity contribution >= 4 is 11.9 Å². The molecule has 0 heterocycles. The molecule has 2 N–H and O–H groups in total. The molecule has 0 spiro atoms. The zero-order valence-electron chi connectivity index (χ0n) is 33.4. The average Bonchev–Trinajstić information content (AvgIpc) is 3.38. The van der Waals surface area contributed by atoms with Gasteiger partial charge in [0.25, 0.3) is 0 Å². The number of ketones is 1. The van der Waals surface area contributed by atoms with Crippen LogP contribution in [0.25, 0.3) is 0 Å². The Morgan fingerprint density at radius 2 is 1.77 bits per heavy atom. The summed E-state index contributed by atoms with van der Waals surface area (Å²) < 4.78 is 17.2. The van der Waals surface area contributed by atoms with Crippen LogP contribution in [0.15, 0.2) is 54.1 Å². The Morgan fingerprint density at radius 3 is 2.47 bits per heavy atom. The molecule has 4 aliphatic carbocycles. The Balaban J connectivity index is 1.53. The summed E-state index contributed by atoms with van der Waals surface area (Å²) in [6.07, 6.45) is 9.31. The third kappa shape index (κ3) is 9.55. The number of carbonyl (C=O) groups is 2. The van der Waals surface area contributed by atoms with Gasteiger partial charge < -0.3 is 29.3 Å². The molecule has 0 aromatic heterocycles. The van der Waals surface area contributed by atoms with Crippen LogP contribution < -0.4 is 4.74 Å². The minimum atomic E-state index is -1.24. The van der Waals surface area contributed by atoms with Crippen molar-refractivity contribution in [1.29, 1.82) is 0 Å². The first kappa shape index (κ1) is 41.0. The van der Waals surface area contributed by atoms with Crippen LogP contribution in [0.4, 0.5) is 4.79 Å². The fourth-order valence-electron chi connectivity index (χ4n) is 9.50. The molecule has 6 rings (SSSR count). The predicted molar refractivity (Wildman–Crippen MR) is 210 cm³/mol. The lowest BCUT2D eigenvalue weighted by Gasteiger charge is -2.46. The lowest BCUT2D eigenvalue weighted by atomic mass is 9.64. The van der Waals surface area contributed by atoms with E-state index in [0.29, 0.717) is 86.3 Å². The van der Waals surface area contributed by atoms with E-state index in [9.17, 15) is 19.8 Å². The van der Waals surface area contributed by atoms with E-state index in [1.54, 1.807) is 43.4 Å². The number of methoxy groups -OCH3 is 2. The Bertz CT molecular complexity index is 1570. The van der Waals surface area contributed by atoms with E-state index in [-0.39, 0.29) is 30.4 Å². The van der Waals surface area contributed by atoms with Gasteiger partial charge in [-0.1, -0.05) is 57.9 Å². The topological polar surface area (TPSA) is 106 Å². The summed E-state index contributed by atoms with van der Waals surface area (Å²) in [5.74, 6) is 1.65. The smallest absolute Gasteiger partial charge is 0.410 e. The molecule has 0 saturated heterocycles. The normalized spacial score (nSPS) is 29.2. The van der Waals surface area contributed by atoms with E-state index < -0.39 is 17.1 Å². The molecule has 7 atom stereocenters. The molecule has 4 aliphatic rings. The Morgan fingerprint density at radius 1 is 1.02 bits per heavy atom. The van der Waals surface area contributed by atoms with Crippen LogP contribution in [-0.2, 0) is 15.9 Å². The fourth-order valence-corrected chi connectivity index (χ4v) is 9.50. The zero-order chi connectivity index (χ0) is 38.3. The van der Waals surface area contributed by atoms with Gasteiger partial charge in [0.15, 0.2) is 5.78 Å². The summed E-state index contributed by atoms with van der Waals surface area (Å²) in [7, 11) is 3.27. The van der Waals surface area contributed by atoms with Crippen LogP contribution in [0, 0.1) is 23.2 Å². The minimum absolute atomic E-state index is 0.0918. The molecule has 2 saturated carbocycles. The minimum Gasteiger partial charge on any atom is -0.497 e. The Hall–Kier alpha value is -3.20. The van der Waals surface area contributed by atoms with E-state index in [0.717, 1.165) is 43.2 Å². The number of carbonyl (C=O) groups excluding carboxylic acids is 2. The van der Waals surface area contributed by atoms with Crippen molar-refractivity contribution in [2.75, 3.05) is 33.9 Å². The number of benzene rings is 2. The quantitative estimate of drug-likeness (QED) is 0.135. The third-order valence-corrected chi connectivity index (χ3v) is 13.0. The van der Waals surface area contributed by atoms with Gasteiger partial charge in [-0.05, 0) is 136 Å². The van der Waals surface area contributed by atoms with Crippen molar-refractivity contribution < 1.29 is 34.0 Å². The number of nitrogens with zero attached hydrogens (tertiary/aromatic N) is 1. The van der Waals surface area contributed by atoms with E-state index >= 15 is 0 Å². The molecule has 53 heavy (non-hydrogen) atoms. The van der Waals surface area contributed by atoms with Crippen molar-refractivity contribution in [3.05, 3.63) is 76.4 Å². The van der Waals surface area contributed by atoms with Gasteiger partial charge in [-0.25, -0.2) is 4.79 Å². The zero-order valence-corrected chi connectivity index (χ0v) is 33.4. The van der Waals surface area contributed by atoms with Crippen molar-refractivity contribution in [2.45, 2.75) is 129 Å². The monoisotopic (exact) mass is 731 g/mol. The van der Waals surface area contributed by atoms with Gasteiger partial charge >= 0.3 is 6.09 Å². The van der Waals surface area contributed by atoms with Crippen molar-refractivity contribution in [3.8, 4) is 5.75 Å². The summed E-state index contributed by atoms with van der Waals surface area (Å²) in [5.41, 5.74) is 2.28. The van der Waals surface area contributed by atoms with Crippen LogP contribution in [0.2, 0.25) is 0 Å². The molecule has 0 aliphatic heterocycles.